The smallest absolute Gasteiger partial charge is 0.266 e. The first-order valence-corrected chi connectivity index (χ1v) is 10.1. The molecule has 2 N–H and O–H groups in total. The molecule has 3 heterocycles. The molecule has 0 saturated carbocycles. The van der Waals surface area contributed by atoms with E-state index in [1.807, 2.05) is 9.80 Å². The Morgan fingerprint density at radius 3 is 2.53 bits per heavy atom. The minimum atomic E-state index is -0.177. The second-order valence-corrected chi connectivity index (χ2v) is 7.23. The lowest BCUT2D eigenvalue weighted by molar-refractivity contribution is -0.117. The van der Waals surface area contributed by atoms with Crippen molar-refractivity contribution in [2.75, 3.05) is 50.0 Å². The summed E-state index contributed by atoms with van der Waals surface area (Å²) >= 11 is 0. The van der Waals surface area contributed by atoms with E-state index in [2.05, 4.69) is 21.7 Å². The van der Waals surface area contributed by atoms with Gasteiger partial charge < -0.3 is 24.4 Å². The molecule has 0 radical (unpaired) electrons. The monoisotopic (exact) mass is 434 g/mol. The van der Waals surface area contributed by atoms with E-state index in [9.17, 15) is 14.9 Å². The highest BCUT2D eigenvalue weighted by Crippen LogP contribution is 2.29. The molecule has 32 heavy (non-hydrogen) atoms. The van der Waals surface area contributed by atoms with E-state index in [0.29, 0.717) is 49.1 Å². The van der Waals surface area contributed by atoms with E-state index < -0.39 is 0 Å². The van der Waals surface area contributed by atoms with Gasteiger partial charge in [0.15, 0.2) is 5.76 Å². The first-order chi connectivity index (χ1) is 15.6. The molecule has 1 fully saturated rings. The van der Waals surface area contributed by atoms with Crippen LogP contribution in [0.3, 0.4) is 0 Å². The lowest BCUT2D eigenvalue weighted by atomic mass is 10.2. The summed E-state index contributed by atoms with van der Waals surface area (Å²) in [5.41, 5.74) is 1.37. The number of oxazole rings is 1. The number of rotatable bonds is 6. The minimum Gasteiger partial charge on any atom is -0.459 e. The first kappa shape index (κ1) is 21.1. The topological polar surface area (TPSA) is 128 Å². The molecule has 0 atom stereocenters. The number of piperazine rings is 1. The van der Waals surface area contributed by atoms with Crippen LogP contribution in [0.5, 0.6) is 0 Å². The zero-order valence-corrected chi connectivity index (χ0v) is 17.5. The Balaban J connectivity index is 1.31. The van der Waals surface area contributed by atoms with Gasteiger partial charge in [0.1, 0.15) is 6.07 Å². The summed E-state index contributed by atoms with van der Waals surface area (Å²) in [5.74, 6) is 0.836. The number of nitrogens with one attached hydrogen (secondary N) is 2. The van der Waals surface area contributed by atoms with Gasteiger partial charge in [-0.2, -0.15) is 10.2 Å². The number of benzene rings is 1. The molecule has 1 aliphatic rings. The molecular weight excluding hydrogens is 412 g/mol. The number of amides is 2. The van der Waals surface area contributed by atoms with Crippen molar-refractivity contribution in [3.63, 3.8) is 0 Å². The summed E-state index contributed by atoms with van der Waals surface area (Å²) in [6, 6.07) is 12.2. The van der Waals surface area contributed by atoms with Crippen LogP contribution < -0.4 is 15.5 Å². The molecule has 164 valence electrons. The molecule has 2 amide bonds. The van der Waals surface area contributed by atoms with Crippen molar-refractivity contribution in [1.82, 2.24) is 15.2 Å². The van der Waals surface area contributed by atoms with Gasteiger partial charge in [-0.15, -0.1) is 0 Å². The SMILES string of the molecule is CNC(=O)c1ccc(NC(=O)CN2CCN(c3oc(-c4ccco4)nc3C#N)CC2)cc1. The summed E-state index contributed by atoms with van der Waals surface area (Å²) < 4.78 is 11.1. The summed E-state index contributed by atoms with van der Waals surface area (Å²) in [7, 11) is 1.57. The Bertz CT molecular complexity index is 1120. The molecule has 3 aromatic rings. The van der Waals surface area contributed by atoms with Crippen molar-refractivity contribution in [2.45, 2.75) is 0 Å². The van der Waals surface area contributed by atoms with Gasteiger partial charge in [0.25, 0.3) is 11.8 Å². The van der Waals surface area contributed by atoms with Gasteiger partial charge in [0, 0.05) is 44.5 Å². The highest BCUT2D eigenvalue weighted by Gasteiger charge is 2.26. The average molecular weight is 434 g/mol. The van der Waals surface area contributed by atoms with Crippen molar-refractivity contribution >= 4 is 23.4 Å². The number of carbonyl (C=O) groups is 2. The third kappa shape index (κ3) is 4.63. The van der Waals surface area contributed by atoms with Crippen LogP contribution in [0.4, 0.5) is 11.6 Å². The highest BCUT2D eigenvalue weighted by molar-refractivity contribution is 5.96. The van der Waals surface area contributed by atoms with E-state index in [-0.39, 0.29) is 29.9 Å². The minimum absolute atomic E-state index is 0.136. The van der Waals surface area contributed by atoms with Crippen LogP contribution in [-0.2, 0) is 4.79 Å². The molecule has 2 aromatic heterocycles. The number of furan rings is 1. The third-order valence-electron chi connectivity index (χ3n) is 5.13. The van der Waals surface area contributed by atoms with Crippen LogP contribution in [0, 0.1) is 11.3 Å². The van der Waals surface area contributed by atoms with Crippen molar-refractivity contribution in [1.29, 1.82) is 5.26 Å². The van der Waals surface area contributed by atoms with Crippen molar-refractivity contribution < 1.29 is 18.4 Å². The van der Waals surface area contributed by atoms with Gasteiger partial charge in [0.2, 0.25) is 17.5 Å². The molecule has 10 nitrogen and oxygen atoms in total. The zero-order valence-electron chi connectivity index (χ0n) is 17.5. The van der Waals surface area contributed by atoms with E-state index in [4.69, 9.17) is 8.83 Å². The van der Waals surface area contributed by atoms with E-state index in [1.165, 1.54) is 6.26 Å². The Labute approximate surface area is 184 Å². The van der Waals surface area contributed by atoms with Crippen LogP contribution in [-0.4, -0.2) is 61.5 Å². The Hall–Kier alpha value is -4.10. The van der Waals surface area contributed by atoms with Gasteiger partial charge in [0.05, 0.1) is 12.8 Å². The fourth-order valence-electron chi connectivity index (χ4n) is 3.47. The zero-order chi connectivity index (χ0) is 22.5. The molecule has 4 rings (SSSR count). The second kappa shape index (κ2) is 9.36. The molecule has 0 aliphatic carbocycles. The molecular formula is C22H22N6O4. The number of nitriles is 1. The molecule has 0 unspecified atom stereocenters. The van der Waals surface area contributed by atoms with Crippen molar-refractivity contribution in [3.05, 3.63) is 53.9 Å². The molecule has 10 heteroatoms. The normalized spacial score (nSPS) is 14.1. The number of aromatic nitrogens is 1. The van der Waals surface area contributed by atoms with Crippen LogP contribution in [0.2, 0.25) is 0 Å². The fourth-order valence-corrected chi connectivity index (χ4v) is 3.47. The fraction of sp³-hybridized carbons (Fsp3) is 0.273. The van der Waals surface area contributed by atoms with Gasteiger partial charge in [-0.05, 0) is 36.4 Å². The maximum absolute atomic E-state index is 12.4. The van der Waals surface area contributed by atoms with Crippen molar-refractivity contribution in [3.8, 4) is 17.7 Å². The predicted molar refractivity (Wildman–Crippen MR) is 116 cm³/mol. The summed E-state index contributed by atoms with van der Waals surface area (Å²) in [5, 5.41) is 14.8. The van der Waals surface area contributed by atoms with E-state index >= 15 is 0 Å². The number of hydrogen-bond donors (Lipinski definition) is 2. The Kier molecular flexibility index (Phi) is 6.19. The highest BCUT2D eigenvalue weighted by atomic mass is 16.4. The summed E-state index contributed by atoms with van der Waals surface area (Å²) in [6.07, 6.45) is 1.52. The maximum atomic E-state index is 12.4. The van der Waals surface area contributed by atoms with Crippen LogP contribution >= 0.6 is 0 Å². The number of hydrogen-bond acceptors (Lipinski definition) is 8. The quantitative estimate of drug-likeness (QED) is 0.602. The molecule has 0 bridgehead atoms. The van der Waals surface area contributed by atoms with Gasteiger partial charge in [-0.1, -0.05) is 0 Å². The number of carbonyl (C=O) groups excluding carboxylic acids is 2. The Morgan fingerprint density at radius 1 is 1.16 bits per heavy atom. The molecule has 1 aliphatic heterocycles. The maximum Gasteiger partial charge on any atom is 0.266 e. The summed E-state index contributed by atoms with van der Waals surface area (Å²) in [6.45, 7) is 2.69. The van der Waals surface area contributed by atoms with E-state index in [0.717, 1.165) is 0 Å². The standard InChI is InChI=1S/C22H22N6O4/c1-24-20(30)15-4-6-16(7-5-15)25-19(29)14-27-8-10-28(11-9-27)22-17(13-23)26-21(32-22)18-3-2-12-31-18/h2-7,12H,8-11,14H2,1H3,(H,24,30)(H,25,29). The number of nitrogens with zero attached hydrogens (tertiary/aromatic N) is 4. The van der Waals surface area contributed by atoms with Gasteiger partial charge >= 0.3 is 0 Å². The third-order valence-corrected chi connectivity index (χ3v) is 5.13. The second-order valence-electron chi connectivity index (χ2n) is 7.23. The van der Waals surface area contributed by atoms with Gasteiger partial charge in [-0.3, -0.25) is 14.5 Å². The Morgan fingerprint density at radius 2 is 1.91 bits per heavy atom. The lowest BCUT2D eigenvalue weighted by Crippen LogP contribution is -2.48. The van der Waals surface area contributed by atoms with Crippen LogP contribution in [0.1, 0.15) is 16.1 Å². The molecule has 0 spiro atoms. The number of anilines is 2. The van der Waals surface area contributed by atoms with Crippen molar-refractivity contribution in [2.24, 2.45) is 0 Å². The summed E-state index contributed by atoms with van der Waals surface area (Å²) in [4.78, 5) is 32.2. The molecule has 1 aromatic carbocycles. The first-order valence-electron chi connectivity index (χ1n) is 10.1. The van der Waals surface area contributed by atoms with Crippen LogP contribution in [0.25, 0.3) is 11.7 Å². The molecule has 1 saturated heterocycles. The van der Waals surface area contributed by atoms with E-state index in [1.54, 1.807) is 43.4 Å². The van der Waals surface area contributed by atoms with Crippen LogP contribution in [0.15, 0.2) is 51.5 Å². The van der Waals surface area contributed by atoms with Gasteiger partial charge in [-0.25, -0.2) is 0 Å². The largest absolute Gasteiger partial charge is 0.459 e. The average Bonchev–Trinajstić information content (AvgIpc) is 3.49. The lowest BCUT2D eigenvalue weighted by Gasteiger charge is -2.34. The predicted octanol–water partition coefficient (Wildman–Crippen LogP) is 1.93.